The average Bonchev–Trinajstić information content (AvgIpc) is 2.73. The summed E-state index contributed by atoms with van der Waals surface area (Å²) in [5, 5.41) is 2.77. The normalized spacial score (nSPS) is 14.7. The number of aryl methyl sites for hydroxylation is 1. The van der Waals surface area contributed by atoms with Gasteiger partial charge in [0, 0.05) is 17.3 Å². The van der Waals surface area contributed by atoms with E-state index < -0.39 is 15.9 Å². The number of nitrogens with one attached hydrogen (secondary N) is 1. The number of hydrogen-bond acceptors (Lipinski definition) is 5. The highest BCUT2D eigenvalue weighted by molar-refractivity contribution is 7.97. The first kappa shape index (κ1) is 22.4. The SMILES string of the molecule is C=CCN1c2cc(OC)c(OC)cc2C(C)=C(C(=O)Nc2cccc(C)c2C)S1(=O)=O. The molecule has 0 radical (unpaired) electrons. The van der Waals surface area contributed by atoms with Crippen LogP contribution in [0.5, 0.6) is 11.5 Å². The Morgan fingerprint density at radius 2 is 1.77 bits per heavy atom. The fourth-order valence-corrected chi connectivity index (χ4v) is 5.31. The van der Waals surface area contributed by atoms with Gasteiger partial charge in [0.2, 0.25) is 0 Å². The molecular weight excluding hydrogens is 416 g/mol. The van der Waals surface area contributed by atoms with Crippen LogP contribution >= 0.6 is 0 Å². The first-order valence-corrected chi connectivity index (χ1v) is 11.1. The molecule has 8 heteroatoms. The Morgan fingerprint density at radius 3 is 2.39 bits per heavy atom. The van der Waals surface area contributed by atoms with E-state index >= 15 is 0 Å². The minimum atomic E-state index is -4.14. The van der Waals surface area contributed by atoms with Crippen molar-refractivity contribution in [1.29, 1.82) is 0 Å². The maximum absolute atomic E-state index is 13.5. The molecule has 0 saturated carbocycles. The molecule has 1 aliphatic rings. The molecule has 0 spiro atoms. The van der Waals surface area contributed by atoms with Crippen LogP contribution in [0.25, 0.3) is 5.57 Å². The molecule has 0 aliphatic carbocycles. The summed E-state index contributed by atoms with van der Waals surface area (Å²) in [4.78, 5) is 12.9. The van der Waals surface area contributed by atoms with Crippen LogP contribution in [-0.2, 0) is 14.8 Å². The zero-order chi connectivity index (χ0) is 22.9. The zero-order valence-electron chi connectivity index (χ0n) is 18.3. The summed E-state index contributed by atoms with van der Waals surface area (Å²) in [6.07, 6.45) is 1.47. The van der Waals surface area contributed by atoms with Crippen molar-refractivity contribution in [3.8, 4) is 11.5 Å². The third kappa shape index (κ3) is 3.79. The smallest absolute Gasteiger partial charge is 0.270 e. The van der Waals surface area contributed by atoms with Gasteiger partial charge in [-0.1, -0.05) is 18.2 Å². The van der Waals surface area contributed by atoms with E-state index in [0.717, 1.165) is 15.4 Å². The van der Waals surface area contributed by atoms with Crippen molar-refractivity contribution in [3.05, 3.63) is 64.6 Å². The predicted molar refractivity (Wildman–Crippen MR) is 123 cm³/mol. The summed E-state index contributed by atoms with van der Waals surface area (Å²) >= 11 is 0. The predicted octanol–water partition coefficient (Wildman–Crippen LogP) is 4.03. The lowest BCUT2D eigenvalue weighted by molar-refractivity contribution is -0.112. The van der Waals surface area contributed by atoms with Gasteiger partial charge < -0.3 is 14.8 Å². The van der Waals surface area contributed by atoms with Crippen LogP contribution in [0.1, 0.15) is 23.6 Å². The second-order valence-electron chi connectivity index (χ2n) is 7.20. The summed E-state index contributed by atoms with van der Waals surface area (Å²) in [5.41, 5.74) is 3.73. The van der Waals surface area contributed by atoms with E-state index in [4.69, 9.17) is 9.47 Å². The molecule has 0 saturated heterocycles. The van der Waals surface area contributed by atoms with Gasteiger partial charge in [0.15, 0.2) is 16.4 Å². The van der Waals surface area contributed by atoms with E-state index in [1.165, 1.54) is 20.3 Å². The number of allylic oxidation sites excluding steroid dienone is 1. The second kappa shape index (κ2) is 8.47. The fourth-order valence-electron chi connectivity index (χ4n) is 3.60. The number of carbonyl (C=O) groups is 1. The number of rotatable bonds is 6. The molecule has 1 N–H and O–H groups in total. The van der Waals surface area contributed by atoms with Crippen LogP contribution < -0.4 is 19.1 Å². The zero-order valence-corrected chi connectivity index (χ0v) is 19.1. The number of nitrogens with zero attached hydrogens (tertiary/aromatic N) is 1. The summed E-state index contributed by atoms with van der Waals surface area (Å²) in [7, 11) is -1.17. The number of carbonyl (C=O) groups excluding carboxylic acids is 1. The van der Waals surface area contributed by atoms with Gasteiger partial charge in [-0.15, -0.1) is 6.58 Å². The maximum atomic E-state index is 13.5. The number of anilines is 2. The molecule has 1 amide bonds. The maximum Gasteiger partial charge on any atom is 0.270 e. The monoisotopic (exact) mass is 442 g/mol. The molecule has 0 unspecified atom stereocenters. The number of ether oxygens (including phenoxy) is 2. The second-order valence-corrected chi connectivity index (χ2v) is 9.00. The summed E-state index contributed by atoms with van der Waals surface area (Å²) in [6, 6.07) is 8.76. The molecule has 0 aromatic heterocycles. The van der Waals surface area contributed by atoms with Crippen LogP contribution in [0, 0.1) is 13.8 Å². The molecule has 7 nitrogen and oxygen atoms in total. The van der Waals surface area contributed by atoms with Crippen molar-refractivity contribution in [3.63, 3.8) is 0 Å². The molecule has 31 heavy (non-hydrogen) atoms. The topological polar surface area (TPSA) is 84.9 Å². The van der Waals surface area contributed by atoms with Crippen molar-refractivity contribution in [2.45, 2.75) is 20.8 Å². The molecule has 2 aromatic rings. The van der Waals surface area contributed by atoms with Gasteiger partial charge in [-0.05, 0) is 49.6 Å². The molecule has 0 fully saturated rings. The Hall–Kier alpha value is -3.26. The number of benzene rings is 2. The highest BCUT2D eigenvalue weighted by Crippen LogP contribution is 2.45. The van der Waals surface area contributed by atoms with E-state index in [2.05, 4.69) is 11.9 Å². The lowest BCUT2D eigenvalue weighted by Crippen LogP contribution is -2.39. The van der Waals surface area contributed by atoms with Crippen molar-refractivity contribution < 1.29 is 22.7 Å². The lowest BCUT2D eigenvalue weighted by atomic mass is 10.0. The number of methoxy groups -OCH3 is 2. The van der Waals surface area contributed by atoms with E-state index in [1.807, 2.05) is 26.0 Å². The number of amides is 1. The van der Waals surface area contributed by atoms with Gasteiger partial charge in [-0.3, -0.25) is 9.10 Å². The standard InChI is InChI=1S/C23H26N2O5S/c1-7-11-25-19-13-21(30-6)20(29-5)12-17(19)16(4)22(31(25,27)28)23(26)24-18-10-8-9-14(2)15(18)3/h7-10,12-13H,1,11H2,2-6H3,(H,24,26). The van der Waals surface area contributed by atoms with Gasteiger partial charge >= 0.3 is 0 Å². The molecule has 3 rings (SSSR count). The third-order valence-corrected chi connectivity index (χ3v) is 7.35. The highest BCUT2D eigenvalue weighted by atomic mass is 32.2. The Labute approximate surface area is 183 Å². The van der Waals surface area contributed by atoms with E-state index in [0.29, 0.717) is 34.0 Å². The quantitative estimate of drug-likeness (QED) is 0.683. The lowest BCUT2D eigenvalue weighted by Gasteiger charge is -2.32. The van der Waals surface area contributed by atoms with Gasteiger partial charge in [0.1, 0.15) is 0 Å². The van der Waals surface area contributed by atoms with Gasteiger partial charge in [0.05, 0.1) is 26.5 Å². The van der Waals surface area contributed by atoms with E-state index in [1.54, 1.807) is 25.1 Å². The van der Waals surface area contributed by atoms with Crippen molar-refractivity contribution >= 4 is 32.9 Å². The molecule has 1 aliphatic heterocycles. The van der Waals surface area contributed by atoms with Crippen molar-refractivity contribution in [1.82, 2.24) is 0 Å². The largest absolute Gasteiger partial charge is 0.493 e. The molecule has 0 bridgehead atoms. The van der Waals surface area contributed by atoms with Gasteiger partial charge in [0.25, 0.3) is 15.9 Å². The van der Waals surface area contributed by atoms with Crippen molar-refractivity contribution in [2.75, 3.05) is 30.4 Å². The number of hydrogen-bond donors (Lipinski definition) is 1. The van der Waals surface area contributed by atoms with Crippen LogP contribution in [0.4, 0.5) is 11.4 Å². The number of sulfonamides is 1. The van der Waals surface area contributed by atoms with E-state index in [9.17, 15) is 13.2 Å². The molecule has 164 valence electrons. The first-order valence-electron chi connectivity index (χ1n) is 9.65. The third-order valence-electron chi connectivity index (χ3n) is 5.42. The van der Waals surface area contributed by atoms with Crippen LogP contribution in [0.3, 0.4) is 0 Å². The summed E-state index contributed by atoms with van der Waals surface area (Å²) < 4.78 is 38.9. The molecule has 2 aromatic carbocycles. The Bertz CT molecular complexity index is 1200. The highest BCUT2D eigenvalue weighted by Gasteiger charge is 2.40. The molecule has 0 atom stereocenters. The molecule has 1 heterocycles. The molecular formula is C23H26N2O5S. The summed E-state index contributed by atoms with van der Waals surface area (Å²) in [6.45, 7) is 9.08. The Morgan fingerprint density at radius 1 is 1.13 bits per heavy atom. The Kier molecular flexibility index (Phi) is 6.13. The average molecular weight is 443 g/mol. The summed E-state index contributed by atoms with van der Waals surface area (Å²) in [5.74, 6) is 0.134. The van der Waals surface area contributed by atoms with Crippen LogP contribution in [0.2, 0.25) is 0 Å². The Balaban J connectivity index is 2.22. The van der Waals surface area contributed by atoms with E-state index in [-0.39, 0.29) is 11.4 Å². The fraction of sp³-hybridized carbons (Fsp3) is 0.261. The van der Waals surface area contributed by atoms with Gasteiger partial charge in [-0.25, -0.2) is 8.42 Å². The minimum Gasteiger partial charge on any atom is -0.493 e. The van der Waals surface area contributed by atoms with Gasteiger partial charge in [-0.2, -0.15) is 0 Å². The van der Waals surface area contributed by atoms with Crippen LogP contribution in [0.15, 0.2) is 47.9 Å². The minimum absolute atomic E-state index is 0.00164. The number of fused-ring (bicyclic) bond motifs is 1. The van der Waals surface area contributed by atoms with Crippen molar-refractivity contribution in [2.24, 2.45) is 0 Å². The first-order chi connectivity index (χ1) is 14.7. The van der Waals surface area contributed by atoms with Crippen LogP contribution in [-0.4, -0.2) is 35.1 Å².